The number of nitrogens with one attached hydrogen (secondary N) is 1. The van der Waals surface area contributed by atoms with Crippen molar-refractivity contribution in [3.05, 3.63) is 34.9 Å². The van der Waals surface area contributed by atoms with Crippen LogP contribution in [0.5, 0.6) is 0 Å². The number of benzene rings is 1. The largest absolute Gasteiger partial charge is 0.370 e. The number of guanidine groups is 1. The number of hydrogen-bond donors (Lipinski definition) is 2. The highest BCUT2D eigenvalue weighted by atomic mass is 35.5. The fourth-order valence-corrected chi connectivity index (χ4v) is 3.64. The van der Waals surface area contributed by atoms with E-state index in [2.05, 4.69) is 46.3 Å². The van der Waals surface area contributed by atoms with Crippen LogP contribution in [0.1, 0.15) is 30.9 Å². The minimum absolute atomic E-state index is 0.204. The van der Waals surface area contributed by atoms with E-state index in [1.165, 1.54) is 5.56 Å². The van der Waals surface area contributed by atoms with Crippen molar-refractivity contribution in [3.8, 4) is 0 Å². The van der Waals surface area contributed by atoms with E-state index in [0.717, 1.165) is 43.5 Å². The number of nitrogens with two attached hydrogens (primary N) is 1. The van der Waals surface area contributed by atoms with Crippen LogP contribution in [0.15, 0.2) is 29.3 Å². The van der Waals surface area contributed by atoms with Gasteiger partial charge in [0.15, 0.2) is 5.96 Å². The van der Waals surface area contributed by atoms with Gasteiger partial charge in [-0.05, 0) is 50.6 Å². The zero-order valence-corrected chi connectivity index (χ0v) is 16.7. The first-order valence-electron chi connectivity index (χ1n) is 9.06. The summed E-state index contributed by atoms with van der Waals surface area (Å²) >= 11 is 6.01. The van der Waals surface area contributed by atoms with Crippen LogP contribution in [0.2, 0.25) is 5.02 Å². The number of halogens is 1. The third kappa shape index (κ3) is 5.88. The van der Waals surface area contributed by atoms with Gasteiger partial charge in [-0.3, -0.25) is 9.79 Å². The van der Waals surface area contributed by atoms with Crippen LogP contribution in [0, 0.1) is 5.92 Å². The van der Waals surface area contributed by atoms with Crippen LogP contribution in [0.25, 0.3) is 0 Å². The van der Waals surface area contributed by atoms with Crippen molar-refractivity contribution in [2.24, 2.45) is 16.6 Å². The lowest BCUT2D eigenvalue weighted by Gasteiger charge is -2.35. The molecule has 3 N–H and O–H groups in total. The molecular formula is C19H30ClN5O. The average molecular weight is 380 g/mol. The quantitative estimate of drug-likeness (QED) is 0.586. The smallest absolute Gasteiger partial charge is 0.217 e. The molecule has 1 saturated heterocycles. The van der Waals surface area contributed by atoms with Crippen LogP contribution < -0.4 is 11.1 Å². The number of primary amides is 1. The monoisotopic (exact) mass is 379 g/mol. The van der Waals surface area contributed by atoms with E-state index in [1.54, 1.807) is 7.05 Å². The Hall–Kier alpha value is -1.79. The van der Waals surface area contributed by atoms with Crippen molar-refractivity contribution in [2.75, 3.05) is 40.8 Å². The number of likely N-dealkylation sites (N-methyl/N-ethyl adjacent to an activating group) is 1. The molecule has 1 fully saturated rings. The number of aliphatic imine (C=N–C) groups is 1. The topological polar surface area (TPSA) is 74.0 Å². The fourth-order valence-electron chi connectivity index (χ4n) is 3.51. The van der Waals surface area contributed by atoms with Crippen LogP contribution in [-0.4, -0.2) is 62.4 Å². The van der Waals surface area contributed by atoms with Gasteiger partial charge in [0.2, 0.25) is 5.91 Å². The van der Waals surface area contributed by atoms with Gasteiger partial charge in [-0.1, -0.05) is 23.7 Å². The first-order valence-corrected chi connectivity index (χ1v) is 9.44. The third-order valence-electron chi connectivity index (χ3n) is 4.85. The number of carbonyl (C=O) groups excluding carboxylic acids is 1. The summed E-state index contributed by atoms with van der Waals surface area (Å²) in [6, 6.07) is 8.15. The van der Waals surface area contributed by atoms with Gasteiger partial charge >= 0.3 is 0 Å². The van der Waals surface area contributed by atoms with Gasteiger partial charge < -0.3 is 20.9 Å². The molecule has 1 aromatic rings. The normalized spacial score (nSPS) is 19.5. The van der Waals surface area contributed by atoms with E-state index in [0.29, 0.717) is 12.3 Å². The third-order valence-corrected chi connectivity index (χ3v) is 5.10. The minimum atomic E-state index is -0.227. The zero-order valence-electron chi connectivity index (χ0n) is 15.9. The van der Waals surface area contributed by atoms with Crippen LogP contribution in [0.3, 0.4) is 0 Å². The second-order valence-electron chi connectivity index (χ2n) is 7.08. The predicted molar refractivity (Wildman–Crippen MR) is 107 cm³/mol. The molecule has 0 spiro atoms. The van der Waals surface area contributed by atoms with Crippen molar-refractivity contribution in [2.45, 2.75) is 25.3 Å². The van der Waals surface area contributed by atoms with E-state index < -0.39 is 0 Å². The zero-order chi connectivity index (χ0) is 19.1. The Morgan fingerprint density at radius 1 is 1.42 bits per heavy atom. The Morgan fingerprint density at radius 2 is 2.12 bits per heavy atom. The lowest BCUT2D eigenvalue weighted by Crippen LogP contribution is -2.48. The van der Waals surface area contributed by atoms with Gasteiger partial charge in [0.25, 0.3) is 0 Å². The molecule has 0 aliphatic carbocycles. The lowest BCUT2D eigenvalue weighted by atomic mass is 9.95. The molecule has 1 heterocycles. The summed E-state index contributed by atoms with van der Waals surface area (Å²) in [7, 11) is 5.92. The number of nitrogens with zero attached hydrogens (tertiary/aromatic N) is 3. The Kier molecular flexibility index (Phi) is 7.72. The van der Waals surface area contributed by atoms with Gasteiger partial charge in [-0.2, -0.15) is 0 Å². The summed E-state index contributed by atoms with van der Waals surface area (Å²) in [5, 5.41) is 4.23. The van der Waals surface area contributed by atoms with Crippen LogP contribution in [-0.2, 0) is 4.79 Å². The maximum absolute atomic E-state index is 11.2. The van der Waals surface area contributed by atoms with Crippen LogP contribution >= 0.6 is 11.6 Å². The summed E-state index contributed by atoms with van der Waals surface area (Å²) in [4.78, 5) is 20.1. The van der Waals surface area contributed by atoms with Gasteiger partial charge in [0, 0.05) is 38.1 Å². The second-order valence-corrected chi connectivity index (χ2v) is 7.52. The van der Waals surface area contributed by atoms with Crippen LogP contribution in [0.4, 0.5) is 0 Å². The van der Waals surface area contributed by atoms with Gasteiger partial charge in [-0.25, -0.2) is 0 Å². The molecule has 0 aromatic heterocycles. The summed E-state index contributed by atoms with van der Waals surface area (Å²) in [6.45, 7) is 2.50. The number of piperidine rings is 1. The summed E-state index contributed by atoms with van der Waals surface area (Å²) in [5.41, 5.74) is 6.57. The Balaban J connectivity index is 1.99. The second kappa shape index (κ2) is 9.78. The fraction of sp³-hybridized carbons (Fsp3) is 0.579. The first kappa shape index (κ1) is 20.5. The molecule has 1 aliphatic rings. The number of likely N-dealkylation sites (tertiary alicyclic amines) is 1. The van der Waals surface area contributed by atoms with E-state index in [9.17, 15) is 4.79 Å². The highest BCUT2D eigenvalue weighted by Crippen LogP contribution is 2.21. The number of rotatable bonds is 6. The first-order chi connectivity index (χ1) is 12.4. The molecule has 144 valence electrons. The predicted octanol–water partition coefficient (Wildman–Crippen LogP) is 2.11. The van der Waals surface area contributed by atoms with E-state index in [1.807, 2.05) is 12.1 Å². The van der Waals surface area contributed by atoms with Crippen molar-refractivity contribution in [1.82, 2.24) is 15.1 Å². The van der Waals surface area contributed by atoms with Gasteiger partial charge in [-0.15, -0.1) is 0 Å². The molecule has 1 amide bonds. The number of hydrogen-bond acceptors (Lipinski definition) is 3. The van der Waals surface area contributed by atoms with E-state index >= 15 is 0 Å². The Labute approximate surface area is 161 Å². The molecule has 0 saturated carbocycles. The van der Waals surface area contributed by atoms with Crippen molar-refractivity contribution in [3.63, 3.8) is 0 Å². The maximum atomic E-state index is 11.2. The molecule has 0 bridgehead atoms. The van der Waals surface area contributed by atoms with Crippen molar-refractivity contribution in [1.29, 1.82) is 0 Å². The van der Waals surface area contributed by atoms with Crippen molar-refractivity contribution < 1.29 is 4.79 Å². The van der Waals surface area contributed by atoms with Gasteiger partial charge in [0.1, 0.15) is 0 Å². The molecule has 2 rings (SSSR count). The summed E-state index contributed by atoms with van der Waals surface area (Å²) < 4.78 is 0. The molecule has 1 aromatic carbocycles. The Morgan fingerprint density at radius 3 is 2.69 bits per heavy atom. The lowest BCUT2D eigenvalue weighted by molar-refractivity contribution is -0.119. The molecule has 2 atom stereocenters. The SMILES string of the molecule is CN=C(NCC(c1ccc(Cl)cc1)N(C)C)N1CCCC(CC(N)=O)C1. The highest BCUT2D eigenvalue weighted by molar-refractivity contribution is 6.30. The van der Waals surface area contributed by atoms with E-state index in [-0.39, 0.29) is 11.9 Å². The molecule has 6 nitrogen and oxygen atoms in total. The molecular weight excluding hydrogens is 350 g/mol. The molecule has 26 heavy (non-hydrogen) atoms. The molecule has 2 unspecified atom stereocenters. The standard InChI is InChI=1S/C19H30ClN5O/c1-22-19(25-10-4-5-14(13-25)11-18(21)26)23-12-17(24(2)3)15-6-8-16(20)9-7-15/h6-9,14,17H,4-5,10-13H2,1-3H3,(H2,21,26)(H,22,23). The highest BCUT2D eigenvalue weighted by Gasteiger charge is 2.24. The molecule has 7 heteroatoms. The average Bonchev–Trinajstić information content (AvgIpc) is 2.59. The molecule has 0 radical (unpaired) electrons. The van der Waals surface area contributed by atoms with E-state index in [4.69, 9.17) is 17.3 Å². The Bertz CT molecular complexity index is 617. The number of amides is 1. The summed E-state index contributed by atoms with van der Waals surface area (Å²) in [5.74, 6) is 0.955. The van der Waals surface area contributed by atoms with Crippen molar-refractivity contribution >= 4 is 23.5 Å². The van der Waals surface area contributed by atoms with Gasteiger partial charge in [0.05, 0.1) is 6.04 Å². The number of carbonyl (C=O) groups is 1. The minimum Gasteiger partial charge on any atom is -0.370 e. The summed E-state index contributed by atoms with van der Waals surface area (Å²) in [6.07, 6.45) is 2.53. The maximum Gasteiger partial charge on any atom is 0.217 e. The molecule has 1 aliphatic heterocycles.